The second-order valence-electron chi connectivity index (χ2n) is 3.17. The Morgan fingerprint density at radius 3 is 3.07 bits per heavy atom. The number of nitrogens with zero attached hydrogens (tertiary/aromatic N) is 3. The monoisotopic (exact) mass is 206 g/mol. The molecule has 15 heavy (non-hydrogen) atoms. The lowest BCUT2D eigenvalue weighted by atomic mass is 10.0. The van der Waals surface area contributed by atoms with Crippen molar-refractivity contribution in [1.29, 1.82) is 0 Å². The van der Waals surface area contributed by atoms with E-state index in [1.807, 2.05) is 0 Å². The summed E-state index contributed by atoms with van der Waals surface area (Å²) in [6.07, 6.45) is 3.25. The molecule has 0 saturated carbocycles. The summed E-state index contributed by atoms with van der Waals surface area (Å²) >= 11 is 0. The van der Waals surface area contributed by atoms with Gasteiger partial charge in [0.2, 0.25) is 0 Å². The second kappa shape index (κ2) is 3.76. The molecule has 0 spiro atoms. The third-order valence-electron chi connectivity index (χ3n) is 2.09. The Bertz CT molecular complexity index is 404. The highest BCUT2D eigenvalue weighted by atomic mass is 16.8. The van der Waals surface area contributed by atoms with Crippen LogP contribution in [0.1, 0.15) is 12.5 Å². The summed E-state index contributed by atoms with van der Waals surface area (Å²) in [5, 5.41) is 4.68. The molecule has 6 nitrogen and oxygen atoms in total. The van der Waals surface area contributed by atoms with Gasteiger partial charge in [-0.15, -0.1) is 0 Å². The third-order valence-corrected chi connectivity index (χ3v) is 2.09. The van der Waals surface area contributed by atoms with E-state index in [0.717, 1.165) is 10.7 Å². The summed E-state index contributed by atoms with van der Waals surface area (Å²) in [7, 11) is 0. The Hall–Kier alpha value is -1.79. The Balaban J connectivity index is 2.34. The summed E-state index contributed by atoms with van der Waals surface area (Å²) in [4.78, 5) is 20.0. The van der Waals surface area contributed by atoms with Gasteiger partial charge in [0.25, 0.3) is 0 Å². The number of hydrazine groups is 1. The molecule has 1 aliphatic rings. The molecule has 2 heterocycles. The fourth-order valence-corrected chi connectivity index (χ4v) is 1.41. The van der Waals surface area contributed by atoms with Gasteiger partial charge in [0.05, 0.1) is 0 Å². The van der Waals surface area contributed by atoms with E-state index in [1.54, 1.807) is 24.5 Å². The van der Waals surface area contributed by atoms with Crippen LogP contribution in [0.4, 0.5) is 0 Å². The van der Waals surface area contributed by atoms with Crippen molar-refractivity contribution in [3.63, 3.8) is 0 Å². The van der Waals surface area contributed by atoms with Gasteiger partial charge in [-0.3, -0.25) is 14.7 Å². The molecule has 2 N–H and O–H groups in total. The zero-order valence-electron chi connectivity index (χ0n) is 8.12. The molecule has 0 aromatic carbocycles. The number of ketones is 1. The summed E-state index contributed by atoms with van der Waals surface area (Å²) in [5.74, 6) is 5.34. The predicted octanol–water partition coefficient (Wildman–Crippen LogP) is -0.136. The van der Waals surface area contributed by atoms with Crippen LogP contribution in [0.15, 0.2) is 29.7 Å². The standard InChI is InChI=1S/C9H10N4O2/c1-6(14)9-8(12-15-13(9)10)7-3-2-4-11-5-7/h2-5,9H,10H2,1H3. The fourth-order valence-electron chi connectivity index (χ4n) is 1.41. The zero-order chi connectivity index (χ0) is 10.8. The molecule has 0 amide bonds. The fraction of sp³-hybridized carbons (Fsp3) is 0.222. The van der Waals surface area contributed by atoms with Gasteiger partial charge in [-0.05, 0) is 24.2 Å². The third kappa shape index (κ3) is 1.72. The van der Waals surface area contributed by atoms with Gasteiger partial charge in [-0.2, -0.15) is 0 Å². The van der Waals surface area contributed by atoms with Crippen LogP contribution in [0.25, 0.3) is 0 Å². The number of carbonyl (C=O) groups excluding carboxylic acids is 1. The van der Waals surface area contributed by atoms with E-state index < -0.39 is 6.04 Å². The first kappa shape index (κ1) is 9.75. The zero-order valence-corrected chi connectivity index (χ0v) is 8.12. The topological polar surface area (TPSA) is 80.8 Å². The van der Waals surface area contributed by atoms with Crippen molar-refractivity contribution in [3.8, 4) is 0 Å². The van der Waals surface area contributed by atoms with Gasteiger partial charge in [0, 0.05) is 18.0 Å². The van der Waals surface area contributed by atoms with Crippen molar-refractivity contribution in [2.24, 2.45) is 11.0 Å². The summed E-state index contributed by atoms with van der Waals surface area (Å²) in [6.45, 7) is 1.44. The molecule has 78 valence electrons. The van der Waals surface area contributed by atoms with Crippen molar-refractivity contribution in [1.82, 2.24) is 10.2 Å². The second-order valence-corrected chi connectivity index (χ2v) is 3.17. The number of Topliss-reactive ketones (excluding diaryl/α,β-unsaturated/α-hetero) is 1. The minimum Gasteiger partial charge on any atom is -0.298 e. The van der Waals surface area contributed by atoms with Crippen molar-refractivity contribution >= 4 is 11.5 Å². The van der Waals surface area contributed by atoms with Gasteiger partial charge in [-0.1, -0.05) is 5.16 Å². The Morgan fingerprint density at radius 2 is 2.47 bits per heavy atom. The minimum atomic E-state index is -0.658. The maximum absolute atomic E-state index is 11.3. The molecule has 0 radical (unpaired) electrons. The van der Waals surface area contributed by atoms with Crippen LogP contribution in [0.3, 0.4) is 0 Å². The summed E-state index contributed by atoms with van der Waals surface area (Å²) in [5.41, 5.74) is 1.21. The smallest absolute Gasteiger partial charge is 0.168 e. The molecule has 1 aromatic rings. The van der Waals surface area contributed by atoms with E-state index in [0.29, 0.717) is 5.71 Å². The lowest BCUT2D eigenvalue weighted by Gasteiger charge is -2.13. The molecule has 2 rings (SSSR count). The Morgan fingerprint density at radius 1 is 1.67 bits per heavy atom. The van der Waals surface area contributed by atoms with Gasteiger partial charge >= 0.3 is 0 Å². The molecule has 1 atom stereocenters. The largest absolute Gasteiger partial charge is 0.298 e. The number of pyridine rings is 1. The molecule has 0 saturated heterocycles. The van der Waals surface area contributed by atoms with Crippen LogP contribution in [-0.4, -0.2) is 27.7 Å². The Kier molecular flexibility index (Phi) is 2.44. The number of rotatable bonds is 2. The first-order valence-corrected chi connectivity index (χ1v) is 4.40. The van der Waals surface area contributed by atoms with Crippen LogP contribution in [0.5, 0.6) is 0 Å². The average molecular weight is 206 g/mol. The molecule has 1 aliphatic heterocycles. The van der Waals surface area contributed by atoms with Crippen molar-refractivity contribution < 1.29 is 9.73 Å². The van der Waals surface area contributed by atoms with Crippen molar-refractivity contribution in [3.05, 3.63) is 30.1 Å². The summed E-state index contributed by atoms with van der Waals surface area (Å²) in [6, 6.07) is 2.90. The van der Waals surface area contributed by atoms with Gasteiger partial charge in [0.1, 0.15) is 5.71 Å². The maximum Gasteiger partial charge on any atom is 0.168 e. The van der Waals surface area contributed by atoms with E-state index in [2.05, 4.69) is 10.1 Å². The molecule has 0 bridgehead atoms. The lowest BCUT2D eigenvalue weighted by Crippen LogP contribution is -2.44. The van der Waals surface area contributed by atoms with Crippen LogP contribution >= 0.6 is 0 Å². The van der Waals surface area contributed by atoms with E-state index in [4.69, 9.17) is 10.8 Å². The Labute approximate surface area is 86.3 Å². The normalized spacial score (nSPS) is 20.9. The molecular formula is C9H10N4O2. The highest BCUT2D eigenvalue weighted by Crippen LogP contribution is 2.15. The molecular weight excluding hydrogens is 196 g/mol. The molecule has 0 aliphatic carbocycles. The minimum absolute atomic E-state index is 0.127. The van der Waals surface area contributed by atoms with E-state index in [-0.39, 0.29) is 5.78 Å². The number of oxime groups is 1. The number of hydrogen-bond acceptors (Lipinski definition) is 6. The van der Waals surface area contributed by atoms with Gasteiger partial charge in [0.15, 0.2) is 11.8 Å². The SMILES string of the molecule is CC(=O)C1C(c2cccnc2)=NON1N. The van der Waals surface area contributed by atoms with Crippen LogP contribution in [-0.2, 0) is 9.73 Å². The van der Waals surface area contributed by atoms with Crippen molar-refractivity contribution in [2.75, 3.05) is 0 Å². The first-order chi connectivity index (χ1) is 7.20. The number of aromatic nitrogens is 1. The molecule has 0 fully saturated rings. The van der Waals surface area contributed by atoms with Crippen LogP contribution in [0, 0.1) is 0 Å². The lowest BCUT2D eigenvalue weighted by molar-refractivity contribution is -0.163. The highest BCUT2D eigenvalue weighted by Gasteiger charge is 2.34. The van der Waals surface area contributed by atoms with E-state index >= 15 is 0 Å². The first-order valence-electron chi connectivity index (χ1n) is 4.40. The van der Waals surface area contributed by atoms with E-state index in [1.165, 1.54) is 6.92 Å². The van der Waals surface area contributed by atoms with Crippen LogP contribution < -0.4 is 5.84 Å². The highest BCUT2D eigenvalue weighted by molar-refractivity contribution is 6.16. The molecule has 6 heteroatoms. The van der Waals surface area contributed by atoms with Crippen molar-refractivity contribution in [2.45, 2.75) is 13.0 Å². The quantitative estimate of drug-likeness (QED) is 0.681. The molecule has 1 aromatic heterocycles. The molecule has 1 unspecified atom stereocenters. The van der Waals surface area contributed by atoms with Gasteiger partial charge in [-0.25, -0.2) is 5.84 Å². The number of nitrogens with two attached hydrogens (primary N) is 1. The number of hydrogen-bond donors (Lipinski definition) is 1. The predicted molar refractivity (Wildman–Crippen MR) is 52.4 cm³/mol. The van der Waals surface area contributed by atoms with Crippen LogP contribution in [0.2, 0.25) is 0 Å². The maximum atomic E-state index is 11.3. The van der Waals surface area contributed by atoms with Gasteiger partial charge < -0.3 is 0 Å². The van der Waals surface area contributed by atoms with E-state index in [9.17, 15) is 4.79 Å². The number of hydroxylamine groups is 1. The summed E-state index contributed by atoms with van der Waals surface area (Å²) < 4.78 is 0. The number of carbonyl (C=O) groups is 1. The average Bonchev–Trinajstić information content (AvgIpc) is 2.61.